The highest BCUT2D eigenvalue weighted by Gasteiger charge is 2.46. The molecule has 1 fully saturated rings. The highest BCUT2D eigenvalue weighted by atomic mass is 35.5. The van der Waals surface area contributed by atoms with Crippen molar-refractivity contribution in [1.29, 1.82) is 0 Å². The Morgan fingerprint density at radius 3 is 2.47 bits per heavy atom. The lowest BCUT2D eigenvalue weighted by Gasteiger charge is -2.40. The number of carbonyl (C=O) groups is 2. The average Bonchev–Trinajstić information content (AvgIpc) is 2.75. The number of pyridine rings is 1. The predicted molar refractivity (Wildman–Crippen MR) is 120 cm³/mol. The third kappa shape index (κ3) is 4.42. The van der Waals surface area contributed by atoms with Crippen LogP contribution in [0.15, 0.2) is 60.7 Å². The molecule has 7 heteroatoms. The molecule has 0 atom stereocenters. The number of carbonyl (C=O) groups excluding carboxylic acids is 2. The SMILES string of the molecule is O=C(Nc1ccc(C2(C(=O)Cc3ccc(F)cc3)CCC2)nc1CO)c1cccc(Cl)c1. The minimum atomic E-state index is -0.728. The van der Waals surface area contributed by atoms with E-state index in [0.717, 1.165) is 12.0 Å². The molecule has 4 rings (SSSR count). The van der Waals surface area contributed by atoms with Gasteiger partial charge in [-0.05, 0) is 60.9 Å². The van der Waals surface area contributed by atoms with Crippen molar-refractivity contribution < 1.29 is 19.1 Å². The largest absolute Gasteiger partial charge is 0.390 e. The Hall–Kier alpha value is -3.09. The monoisotopic (exact) mass is 452 g/mol. The fourth-order valence-corrected chi connectivity index (χ4v) is 4.18. The number of anilines is 1. The quantitative estimate of drug-likeness (QED) is 0.537. The molecule has 2 N–H and O–H groups in total. The zero-order valence-corrected chi connectivity index (χ0v) is 18.0. The van der Waals surface area contributed by atoms with Crippen molar-refractivity contribution in [2.45, 2.75) is 37.7 Å². The number of benzene rings is 2. The highest BCUT2D eigenvalue weighted by molar-refractivity contribution is 6.31. The van der Waals surface area contributed by atoms with Crippen LogP contribution in [0.1, 0.15) is 46.6 Å². The highest BCUT2D eigenvalue weighted by Crippen LogP contribution is 2.45. The van der Waals surface area contributed by atoms with Gasteiger partial charge >= 0.3 is 0 Å². The molecule has 0 spiro atoms. The molecule has 1 aromatic heterocycles. The summed E-state index contributed by atoms with van der Waals surface area (Å²) < 4.78 is 13.2. The maximum Gasteiger partial charge on any atom is 0.255 e. The van der Waals surface area contributed by atoms with Crippen LogP contribution in [0.2, 0.25) is 5.02 Å². The Kier molecular flexibility index (Phi) is 6.35. The first-order valence-corrected chi connectivity index (χ1v) is 10.7. The molecule has 2 aromatic carbocycles. The Bertz CT molecular complexity index is 1160. The number of aliphatic hydroxyl groups excluding tert-OH is 1. The van der Waals surface area contributed by atoms with Gasteiger partial charge in [0.05, 0.1) is 29.1 Å². The fourth-order valence-electron chi connectivity index (χ4n) is 3.99. The van der Waals surface area contributed by atoms with Crippen LogP contribution >= 0.6 is 11.6 Å². The second-order valence-electron chi connectivity index (χ2n) is 7.98. The fraction of sp³-hybridized carbons (Fsp3) is 0.240. The number of Topliss-reactive ketones (excluding diaryl/α,β-unsaturated/α-hetero) is 1. The molecule has 164 valence electrons. The van der Waals surface area contributed by atoms with Crippen molar-refractivity contribution in [1.82, 2.24) is 4.98 Å². The smallest absolute Gasteiger partial charge is 0.255 e. The molecule has 1 aliphatic carbocycles. The molecule has 1 amide bonds. The van der Waals surface area contributed by atoms with E-state index in [1.807, 2.05) is 0 Å². The number of hydrogen-bond acceptors (Lipinski definition) is 4. The van der Waals surface area contributed by atoms with Gasteiger partial charge in [0, 0.05) is 17.0 Å². The van der Waals surface area contributed by atoms with Gasteiger partial charge in [0.2, 0.25) is 0 Å². The van der Waals surface area contributed by atoms with Gasteiger partial charge in [-0.25, -0.2) is 4.39 Å². The topological polar surface area (TPSA) is 79.3 Å². The van der Waals surface area contributed by atoms with E-state index in [1.54, 1.807) is 48.5 Å². The molecule has 1 saturated carbocycles. The minimum Gasteiger partial charge on any atom is -0.390 e. The predicted octanol–water partition coefficient (Wildman–Crippen LogP) is 4.85. The number of nitrogens with zero attached hydrogens (tertiary/aromatic N) is 1. The molecule has 32 heavy (non-hydrogen) atoms. The summed E-state index contributed by atoms with van der Waals surface area (Å²) in [4.78, 5) is 30.3. The van der Waals surface area contributed by atoms with Crippen molar-refractivity contribution >= 4 is 29.0 Å². The molecule has 0 unspecified atom stereocenters. The van der Waals surface area contributed by atoms with E-state index < -0.39 is 5.41 Å². The van der Waals surface area contributed by atoms with Crippen molar-refractivity contribution in [3.05, 3.63) is 94.0 Å². The maximum absolute atomic E-state index is 13.2. The van der Waals surface area contributed by atoms with Crippen LogP contribution in [-0.4, -0.2) is 21.8 Å². The molecule has 1 heterocycles. The summed E-state index contributed by atoms with van der Waals surface area (Å²) in [6.45, 7) is -0.388. The molecular weight excluding hydrogens is 431 g/mol. The van der Waals surface area contributed by atoms with Crippen molar-refractivity contribution in [2.75, 3.05) is 5.32 Å². The van der Waals surface area contributed by atoms with Crippen LogP contribution in [0.25, 0.3) is 0 Å². The summed E-state index contributed by atoms with van der Waals surface area (Å²) in [6.07, 6.45) is 2.42. The number of rotatable bonds is 7. The summed E-state index contributed by atoms with van der Waals surface area (Å²) in [7, 11) is 0. The average molecular weight is 453 g/mol. The van der Waals surface area contributed by atoms with Gasteiger partial charge in [0.15, 0.2) is 0 Å². The first kappa shape index (κ1) is 22.1. The third-order valence-electron chi connectivity index (χ3n) is 5.97. The number of aliphatic hydroxyl groups is 1. The summed E-state index contributed by atoms with van der Waals surface area (Å²) >= 11 is 5.96. The number of hydrogen-bond donors (Lipinski definition) is 2. The Balaban J connectivity index is 1.57. The number of ketones is 1. The number of halogens is 2. The summed E-state index contributed by atoms with van der Waals surface area (Å²) in [5.41, 5.74) is 1.65. The van der Waals surface area contributed by atoms with E-state index >= 15 is 0 Å². The molecule has 1 aliphatic rings. The van der Waals surface area contributed by atoms with Crippen LogP contribution in [0.5, 0.6) is 0 Å². The van der Waals surface area contributed by atoms with E-state index in [1.165, 1.54) is 12.1 Å². The lowest BCUT2D eigenvalue weighted by molar-refractivity contribution is -0.127. The normalized spacial score (nSPS) is 14.5. The van der Waals surface area contributed by atoms with E-state index in [2.05, 4.69) is 10.3 Å². The van der Waals surface area contributed by atoms with E-state index in [-0.39, 0.29) is 30.5 Å². The zero-order chi connectivity index (χ0) is 22.7. The van der Waals surface area contributed by atoms with E-state index in [0.29, 0.717) is 40.5 Å². The van der Waals surface area contributed by atoms with Crippen LogP contribution in [-0.2, 0) is 23.2 Å². The third-order valence-corrected chi connectivity index (χ3v) is 6.20. The van der Waals surface area contributed by atoms with Crippen LogP contribution in [0.4, 0.5) is 10.1 Å². The molecule has 5 nitrogen and oxygen atoms in total. The van der Waals surface area contributed by atoms with Gasteiger partial charge in [-0.2, -0.15) is 0 Å². The van der Waals surface area contributed by atoms with Gasteiger partial charge in [0.1, 0.15) is 11.6 Å². The Labute approximate surface area is 190 Å². The van der Waals surface area contributed by atoms with Crippen LogP contribution < -0.4 is 5.32 Å². The van der Waals surface area contributed by atoms with Crippen molar-refractivity contribution in [3.63, 3.8) is 0 Å². The van der Waals surface area contributed by atoms with Gasteiger partial charge in [0.25, 0.3) is 5.91 Å². The summed E-state index contributed by atoms with van der Waals surface area (Å²) in [5, 5.41) is 13.1. The molecular formula is C25H22ClFN2O3. The lowest BCUT2D eigenvalue weighted by atomic mass is 9.62. The Morgan fingerprint density at radius 2 is 1.84 bits per heavy atom. The van der Waals surface area contributed by atoms with Crippen molar-refractivity contribution in [2.24, 2.45) is 0 Å². The zero-order valence-electron chi connectivity index (χ0n) is 17.3. The second-order valence-corrected chi connectivity index (χ2v) is 8.41. The van der Waals surface area contributed by atoms with Gasteiger partial charge in [-0.15, -0.1) is 0 Å². The molecule has 3 aromatic rings. The first-order valence-electron chi connectivity index (χ1n) is 10.4. The molecule has 0 aliphatic heterocycles. The lowest BCUT2D eigenvalue weighted by Crippen LogP contribution is -2.44. The van der Waals surface area contributed by atoms with Crippen molar-refractivity contribution in [3.8, 4) is 0 Å². The van der Waals surface area contributed by atoms with Crippen LogP contribution in [0, 0.1) is 5.82 Å². The summed E-state index contributed by atoms with van der Waals surface area (Å²) in [6, 6.07) is 15.9. The molecule has 0 bridgehead atoms. The van der Waals surface area contributed by atoms with Gasteiger partial charge in [-0.3, -0.25) is 14.6 Å². The summed E-state index contributed by atoms with van der Waals surface area (Å²) in [5.74, 6) is -0.700. The maximum atomic E-state index is 13.2. The van der Waals surface area contributed by atoms with E-state index in [4.69, 9.17) is 11.6 Å². The molecule has 0 radical (unpaired) electrons. The standard InChI is InChI=1S/C25H22ClFN2O3/c26-18-4-1-3-17(14-18)24(32)29-20-9-10-22(28-21(20)15-30)25(11-2-12-25)23(31)13-16-5-7-19(27)8-6-16/h1,3-10,14,30H,2,11-13,15H2,(H,29,32). The first-order chi connectivity index (χ1) is 15.4. The van der Waals surface area contributed by atoms with E-state index in [9.17, 15) is 19.1 Å². The number of nitrogens with one attached hydrogen (secondary N) is 1. The molecule has 0 saturated heterocycles. The second kappa shape index (κ2) is 9.18. The van der Waals surface area contributed by atoms with Crippen LogP contribution in [0.3, 0.4) is 0 Å². The minimum absolute atomic E-state index is 0.0162. The van der Waals surface area contributed by atoms with Gasteiger partial charge < -0.3 is 10.4 Å². The van der Waals surface area contributed by atoms with Gasteiger partial charge in [-0.1, -0.05) is 36.2 Å². The number of aromatic nitrogens is 1. The Morgan fingerprint density at radius 1 is 1.09 bits per heavy atom. The number of amides is 1.